The van der Waals surface area contributed by atoms with Gasteiger partial charge >= 0.3 is 6.03 Å². The third-order valence-corrected chi connectivity index (χ3v) is 4.18. The number of nitrogens with one attached hydrogen (secondary N) is 3. The standard InChI is InChI=1S/C21H23N5O3/c1-14(2)23-21(29)25-17-9-5-4-8-16(17)24-20(28)11-12-26-18-10-6-3-7-15(18)19(27)13-22-26/h3-10,13-14H,11-12H2,1-2H3,(H,24,28)(H2,23,25,29). The number of carbonyl (C=O) groups is 2. The van der Waals surface area contributed by atoms with Crippen LogP contribution in [0.3, 0.4) is 0 Å². The number of hydrogen-bond donors (Lipinski definition) is 3. The van der Waals surface area contributed by atoms with Crippen molar-refractivity contribution in [2.45, 2.75) is 32.9 Å². The number of para-hydroxylation sites is 3. The highest BCUT2D eigenvalue weighted by atomic mass is 16.2. The fourth-order valence-electron chi connectivity index (χ4n) is 2.88. The normalized spacial score (nSPS) is 10.7. The van der Waals surface area contributed by atoms with Crippen molar-refractivity contribution in [1.29, 1.82) is 0 Å². The topological polar surface area (TPSA) is 105 Å². The summed E-state index contributed by atoms with van der Waals surface area (Å²) in [5, 5.41) is 13.0. The highest BCUT2D eigenvalue weighted by Crippen LogP contribution is 2.21. The van der Waals surface area contributed by atoms with Crippen molar-refractivity contribution < 1.29 is 9.59 Å². The summed E-state index contributed by atoms with van der Waals surface area (Å²) >= 11 is 0. The average molecular weight is 393 g/mol. The maximum Gasteiger partial charge on any atom is 0.319 e. The highest BCUT2D eigenvalue weighted by Gasteiger charge is 2.11. The summed E-state index contributed by atoms with van der Waals surface area (Å²) in [7, 11) is 0. The zero-order valence-corrected chi connectivity index (χ0v) is 16.3. The summed E-state index contributed by atoms with van der Waals surface area (Å²) in [5.74, 6) is -0.229. The minimum absolute atomic E-state index is 0.00314. The molecule has 0 aliphatic rings. The lowest BCUT2D eigenvalue weighted by Crippen LogP contribution is -2.34. The van der Waals surface area contributed by atoms with Crippen LogP contribution in [0.25, 0.3) is 10.9 Å². The lowest BCUT2D eigenvalue weighted by Gasteiger charge is -2.14. The zero-order valence-electron chi connectivity index (χ0n) is 16.3. The van der Waals surface area contributed by atoms with Crippen LogP contribution in [0.15, 0.2) is 59.5 Å². The van der Waals surface area contributed by atoms with Gasteiger partial charge in [-0.1, -0.05) is 24.3 Å². The quantitative estimate of drug-likeness (QED) is 0.599. The first-order valence-corrected chi connectivity index (χ1v) is 9.35. The molecule has 3 rings (SSSR count). The molecule has 3 amide bonds. The summed E-state index contributed by atoms with van der Waals surface area (Å²) in [5.41, 5.74) is 1.54. The van der Waals surface area contributed by atoms with Gasteiger partial charge in [0.15, 0.2) is 0 Å². The molecule has 1 heterocycles. The molecule has 0 saturated heterocycles. The molecule has 0 spiro atoms. The number of nitrogens with zero attached hydrogens (tertiary/aromatic N) is 2. The second kappa shape index (κ2) is 9.01. The third-order valence-electron chi connectivity index (χ3n) is 4.18. The Hall–Kier alpha value is -3.68. The van der Waals surface area contributed by atoms with Crippen LogP contribution in [0, 0.1) is 0 Å². The van der Waals surface area contributed by atoms with E-state index in [0.717, 1.165) is 0 Å². The number of amides is 3. The number of aryl methyl sites for hydroxylation is 1. The van der Waals surface area contributed by atoms with Crippen LogP contribution in [-0.4, -0.2) is 27.8 Å². The molecule has 0 saturated carbocycles. The van der Waals surface area contributed by atoms with Gasteiger partial charge in [-0.25, -0.2) is 4.79 Å². The van der Waals surface area contributed by atoms with Crippen LogP contribution >= 0.6 is 0 Å². The number of rotatable bonds is 6. The summed E-state index contributed by atoms with van der Waals surface area (Å²) in [6.07, 6.45) is 1.42. The second-order valence-electron chi connectivity index (χ2n) is 6.85. The van der Waals surface area contributed by atoms with Crippen molar-refractivity contribution in [1.82, 2.24) is 15.1 Å². The molecular formula is C21H23N5O3. The van der Waals surface area contributed by atoms with Crippen molar-refractivity contribution in [2.24, 2.45) is 0 Å². The molecule has 0 unspecified atom stereocenters. The van der Waals surface area contributed by atoms with E-state index in [0.29, 0.717) is 28.8 Å². The van der Waals surface area contributed by atoms with Crippen LogP contribution in [-0.2, 0) is 11.3 Å². The number of carbonyl (C=O) groups excluding carboxylic acids is 2. The number of benzene rings is 2. The number of urea groups is 1. The molecule has 0 aliphatic carbocycles. The Bertz CT molecular complexity index is 1090. The maximum atomic E-state index is 12.5. The number of hydrogen-bond acceptors (Lipinski definition) is 4. The lowest BCUT2D eigenvalue weighted by molar-refractivity contribution is -0.116. The monoisotopic (exact) mass is 393 g/mol. The third kappa shape index (κ3) is 5.19. The van der Waals surface area contributed by atoms with Gasteiger partial charge in [0.05, 0.1) is 29.6 Å². The molecular weight excluding hydrogens is 370 g/mol. The Morgan fingerprint density at radius 1 is 1.00 bits per heavy atom. The van der Waals surface area contributed by atoms with E-state index >= 15 is 0 Å². The molecule has 0 bridgehead atoms. The van der Waals surface area contributed by atoms with E-state index in [1.165, 1.54) is 6.20 Å². The second-order valence-corrected chi connectivity index (χ2v) is 6.85. The van der Waals surface area contributed by atoms with E-state index in [1.54, 1.807) is 47.1 Å². The van der Waals surface area contributed by atoms with Crippen LogP contribution in [0.4, 0.5) is 16.2 Å². The summed E-state index contributed by atoms with van der Waals surface area (Å²) in [6, 6.07) is 13.8. The molecule has 1 aromatic heterocycles. The molecule has 2 aromatic carbocycles. The van der Waals surface area contributed by atoms with Gasteiger partial charge in [0.1, 0.15) is 0 Å². The van der Waals surface area contributed by atoms with Gasteiger partial charge < -0.3 is 16.0 Å². The maximum absolute atomic E-state index is 12.5. The molecule has 29 heavy (non-hydrogen) atoms. The van der Waals surface area contributed by atoms with E-state index in [4.69, 9.17) is 0 Å². The van der Waals surface area contributed by atoms with Crippen LogP contribution in [0.1, 0.15) is 20.3 Å². The molecule has 3 N–H and O–H groups in total. The smallest absolute Gasteiger partial charge is 0.319 e. The van der Waals surface area contributed by atoms with Gasteiger partial charge in [-0.3, -0.25) is 14.3 Å². The average Bonchev–Trinajstić information content (AvgIpc) is 2.68. The molecule has 0 atom stereocenters. The number of anilines is 2. The molecule has 150 valence electrons. The Kier molecular flexibility index (Phi) is 6.23. The number of fused-ring (bicyclic) bond motifs is 1. The molecule has 0 aliphatic heterocycles. The van der Waals surface area contributed by atoms with Crippen molar-refractivity contribution >= 4 is 34.2 Å². The largest absolute Gasteiger partial charge is 0.336 e. The van der Waals surface area contributed by atoms with Gasteiger partial charge in [-0.15, -0.1) is 0 Å². The highest BCUT2D eigenvalue weighted by molar-refractivity contribution is 5.99. The Morgan fingerprint density at radius 2 is 1.66 bits per heavy atom. The first-order chi connectivity index (χ1) is 13.9. The van der Waals surface area contributed by atoms with Gasteiger partial charge in [0.2, 0.25) is 11.3 Å². The predicted octanol–water partition coefficient (Wildman–Crippen LogP) is 2.96. The van der Waals surface area contributed by atoms with Gasteiger partial charge in [-0.2, -0.15) is 5.10 Å². The molecule has 0 radical (unpaired) electrons. The summed E-state index contributed by atoms with van der Waals surface area (Å²) in [6.45, 7) is 4.04. The van der Waals surface area contributed by atoms with E-state index < -0.39 is 0 Å². The van der Waals surface area contributed by atoms with E-state index in [-0.39, 0.29) is 29.8 Å². The molecule has 0 fully saturated rings. The van der Waals surface area contributed by atoms with Crippen molar-refractivity contribution in [3.05, 3.63) is 65.0 Å². The molecule has 3 aromatic rings. The minimum Gasteiger partial charge on any atom is -0.336 e. The Morgan fingerprint density at radius 3 is 2.38 bits per heavy atom. The molecule has 8 nitrogen and oxygen atoms in total. The lowest BCUT2D eigenvalue weighted by atomic mass is 10.2. The predicted molar refractivity (Wildman–Crippen MR) is 113 cm³/mol. The first-order valence-electron chi connectivity index (χ1n) is 9.35. The van der Waals surface area contributed by atoms with E-state index in [1.807, 2.05) is 19.9 Å². The first kappa shape index (κ1) is 20.1. The molecule has 8 heteroatoms. The van der Waals surface area contributed by atoms with Crippen molar-refractivity contribution in [2.75, 3.05) is 10.6 Å². The van der Waals surface area contributed by atoms with Crippen molar-refractivity contribution in [3.63, 3.8) is 0 Å². The van der Waals surface area contributed by atoms with E-state index in [2.05, 4.69) is 21.0 Å². The Balaban J connectivity index is 1.67. The fraction of sp³-hybridized carbons (Fsp3) is 0.238. The minimum atomic E-state index is -0.342. The van der Waals surface area contributed by atoms with Crippen LogP contribution in [0.2, 0.25) is 0 Å². The van der Waals surface area contributed by atoms with Gasteiger partial charge in [0.25, 0.3) is 0 Å². The van der Waals surface area contributed by atoms with Crippen LogP contribution in [0.5, 0.6) is 0 Å². The Labute approximate surface area is 167 Å². The van der Waals surface area contributed by atoms with Gasteiger partial charge in [0, 0.05) is 17.8 Å². The number of aromatic nitrogens is 2. The fourth-order valence-corrected chi connectivity index (χ4v) is 2.88. The van der Waals surface area contributed by atoms with E-state index in [9.17, 15) is 14.4 Å². The summed E-state index contributed by atoms with van der Waals surface area (Å²) < 4.78 is 1.64. The SMILES string of the molecule is CC(C)NC(=O)Nc1ccccc1NC(=O)CCn1ncc(=O)c2ccccc21. The van der Waals surface area contributed by atoms with Gasteiger partial charge in [-0.05, 0) is 38.1 Å². The summed E-state index contributed by atoms with van der Waals surface area (Å²) in [4.78, 5) is 36.3. The van der Waals surface area contributed by atoms with Crippen LogP contribution < -0.4 is 21.4 Å². The zero-order chi connectivity index (χ0) is 20.8. The van der Waals surface area contributed by atoms with Crippen molar-refractivity contribution in [3.8, 4) is 0 Å².